The summed E-state index contributed by atoms with van der Waals surface area (Å²) in [6.45, 7) is 2.85. The van der Waals surface area contributed by atoms with Crippen LogP contribution in [0.15, 0.2) is 29.0 Å². The van der Waals surface area contributed by atoms with E-state index in [0.717, 1.165) is 24.6 Å². The van der Waals surface area contributed by atoms with E-state index in [1.165, 1.54) is 6.07 Å². The van der Waals surface area contributed by atoms with Gasteiger partial charge in [0.2, 0.25) is 0 Å². The summed E-state index contributed by atoms with van der Waals surface area (Å²) in [6.07, 6.45) is 4.43. The number of benzene rings is 1. The first-order chi connectivity index (χ1) is 9.04. The van der Waals surface area contributed by atoms with Crippen LogP contribution in [0, 0.1) is 11.6 Å². The maximum Gasteiger partial charge on any atom is 0.173 e. The van der Waals surface area contributed by atoms with Gasteiger partial charge >= 0.3 is 0 Å². The molecule has 0 amide bonds. The van der Waals surface area contributed by atoms with Gasteiger partial charge in [-0.15, -0.1) is 0 Å². The summed E-state index contributed by atoms with van der Waals surface area (Å²) < 4.78 is 28.4. The van der Waals surface area contributed by atoms with Gasteiger partial charge in [-0.3, -0.25) is 4.68 Å². The Morgan fingerprint density at radius 1 is 1.42 bits per heavy atom. The lowest BCUT2D eigenvalue weighted by Crippen LogP contribution is -2.13. The number of hydrogen-bond donors (Lipinski definition) is 1. The summed E-state index contributed by atoms with van der Waals surface area (Å²) in [5.41, 5.74) is 7.33. The topological polar surface area (TPSA) is 43.8 Å². The third kappa shape index (κ3) is 2.84. The van der Waals surface area contributed by atoms with Crippen molar-refractivity contribution in [2.75, 3.05) is 0 Å². The normalized spacial score (nSPS) is 12.7. The molecule has 1 atom stereocenters. The Kier molecular flexibility index (Phi) is 4.31. The third-order valence-electron chi connectivity index (χ3n) is 2.87. The SMILES string of the molecule is CCCn1cc(C(N)c2ccc(F)c(F)c2Br)cn1. The second kappa shape index (κ2) is 5.79. The number of nitrogens with two attached hydrogens (primary N) is 1. The van der Waals surface area contributed by atoms with Crippen molar-refractivity contribution in [3.63, 3.8) is 0 Å². The lowest BCUT2D eigenvalue weighted by Gasteiger charge is -2.12. The Morgan fingerprint density at radius 3 is 2.84 bits per heavy atom. The molecule has 102 valence electrons. The van der Waals surface area contributed by atoms with Crippen molar-refractivity contribution < 1.29 is 8.78 Å². The van der Waals surface area contributed by atoms with Crippen molar-refractivity contribution in [2.24, 2.45) is 5.73 Å². The van der Waals surface area contributed by atoms with Crippen LogP contribution in [-0.4, -0.2) is 9.78 Å². The van der Waals surface area contributed by atoms with Crippen LogP contribution in [0.25, 0.3) is 0 Å². The molecule has 0 aliphatic heterocycles. The Labute approximate surface area is 118 Å². The number of halogens is 3. The Bertz CT molecular complexity index is 583. The molecule has 1 aromatic heterocycles. The van der Waals surface area contributed by atoms with Crippen LogP contribution in [-0.2, 0) is 6.54 Å². The van der Waals surface area contributed by atoms with Crippen molar-refractivity contribution in [2.45, 2.75) is 25.9 Å². The zero-order valence-corrected chi connectivity index (χ0v) is 12.0. The van der Waals surface area contributed by atoms with Gasteiger partial charge in [-0.05, 0) is 34.0 Å². The molecule has 0 spiro atoms. The van der Waals surface area contributed by atoms with Crippen LogP contribution in [0.2, 0.25) is 0 Å². The minimum atomic E-state index is -0.922. The first kappa shape index (κ1) is 14.1. The van der Waals surface area contributed by atoms with E-state index in [1.54, 1.807) is 10.9 Å². The van der Waals surface area contributed by atoms with E-state index in [9.17, 15) is 8.78 Å². The highest BCUT2D eigenvalue weighted by Gasteiger charge is 2.18. The molecule has 0 aliphatic carbocycles. The Hall–Kier alpha value is -1.27. The molecular formula is C13H14BrF2N3. The predicted octanol–water partition coefficient (Wildman–Crippen LogP) is 3.38. The average molecular weight is 330 g/mol. The average Bonchev–Trinajstić information content (AvgIpc) is 2.85. The first-order valence-electron chi connectivity index (χ1n) is 5.96. The van der Waals surface area contributed by atoms with E-state index >= 15 is 0 Å². The van der Waals surface area contributed by atoms with Gasteiger partial charge in [0.05, 0.1) is 16.7 Å². The van der Waals surface area contributed by atoms with Crippen molar-refractivity contribution >= 4 is 15.9 Å². The molecule has 0 bridgehead atoms. The van der Waals surface area contributed by atoms with E-state index in [2.05, 4.69) is 21.0 Å². The molecular weight excluding hydrogens is 316 g/mol. The van der Waals surface area contributed by atoms with Gasteiger partial charge in [0.25, 0.3) is 0 Å². The quantitative estimate of drug-likeness (QED) is 0.874. The maximum absolute atomic E-state index is 13.5. The maximum atomic E-state index is 13.5. The molecule has 0 radical (unpaired) electrons. The van der Waals surface area contributed by atoms with Crippen LogP contribution < -0.4 is 5.73 Å². The standard InChI is InChI=1S/C13H14BrF2N3/c1-2-5-19-7-8(6-18-19)13(17)9-3-4-10(15)12(16)11(9)14/h3-4,6-7,13H,2,5,17H2,1H3. The molecule has 2 N–H and O–H groups in total. The molecule has 1 aromatic carbocycles. The summed E-state index contributed by atoms with van der Waals surface area (Å²) >= 11 is 3.04. The summed E-state index contributed by atoms with van der Waals surface area (Å²) in [5, 5.41) is 4.18. The molecule has 2 aromatic rings. The Morgan fingerprint density at radius 2 is 2.16 bits per heavy atom. The van der Waals surface area contributed by atoms with Gasteiger partial charge in [-0.2, -0.15) is 5.10 Å². The van der Waals surface area contributed by atoms with Gasteiger partial charge in [-0.1, -0.05) is 13.0 Å². The van der Waals surface area contributed by atoms with Crippen LogP contribution in [0.5, 0.6) is 0 Å². The molecule has 1 heterocycles. The summed E-state index contributed by atoms with van der Waals surface area (Å²) in [6, 6.07) is 2.01. The zero-order chi connectivity index (χ0) is 14.0. The van der Waals surface area contributed by atoms with Gasteiger partial charge in [0, 0.05) is 18.3 Å². The number of nitrogens with zero attached hydrogens (tertiary/aromatic N) is 2. The monoisotopic (exact) mass is 329 g/mol. The predicted molar refractivity (Wildman–Crippen MR) is 72.6 cm³/mol. The zero-order valence-electron chi connectivity index (χ0n) is 10.4. The van der Waals surface area contributed by atoms with Crippen LogP contribution in [0.1, 0.15) is 30.5 Å². The molecule has 1 unspecified atom stereocenters. The van der Waals surface area contributed by atoms with Crippen LogP contribution >= 0.6 is 15.9 Å². The molecule has 19 heavy (non-hydrogen) atoms. The highest BCUT2D eigenvalue weighted by atomic mass is 79.9. The van der Waals surface area contributed by atoms with Gasteiger partial charge in [0.1, 0.15) is 0 Å². The lowest BCUT2D eigenvalue weighted by molar-refractivity contribution is 0.501. The van der Waals surface area contributed by atoms with E-state index in [4.69, 9.17) is 5.73 Å². The summed E-state index contributed by atoms with van der Waals surface area (Å²) in [7, 11) is 0. The molecule has 0 fully saturated rings. The molecule has 0 aliphatic rings. The molecule has 2 rings (SSSR count). The fraction of sp³-hybridized carbons (Fsp3) is 0.308. The molecule has 3 nitrogen and oxygen atoms in total. The van der Waals surface area contributed by atoms with Crippen molar-refractivity contribution in [3.8, 4) is 0 Å². The fourth-order valence-electron chi connectivity index (χ4n) is 1.85. The summed E-state index contributed by atoms with van der Waals surface area (Å²) in [4.78, 5) is 0. The largest absolute Gasteiger partial charge is 0.320 e. The lowest BCUT2D eigenvalue weighted by atomic mass is 10.0. The third-order valence-corrected chi connectivity index (χ3v) is 3.67. The number of aromatic nitrogens is 2. The number of hydrogen-bond acceptors (Lipinski definition) is 2. The highest BCUT2D eigenvalue weighted by Crippen LogP contribution is 2.30. The second-order valence-electron chi connectivity index (χ2n) is 4.28. The minimum Gasteiger partial charge on any atom is -0.320 e. The minimum absolute atomic E-state index is 0.0586. The van der Waals surface area contributed by atoms with E-state index in [-0.39, 0.29) is 4.47 Å². The second-order valence-corrected chi connectivity index (χ2v) is 5.07. The van der Waals surface area contributed by atoms with Crippen LogP contribution in [0.4, 0.5) is 8.78 Å². The molecule has 6 heteroatoms. The Balaban J connectivity index is 2.33. The van der Waals surface area contributed by atoms with Crippen molar-refractivity contribution in [1.29, 1.82) is 0 Å². The summed E-state index contributed by atoms with van der Waals surface area (Å²) in [5.74, 6) is -1.82. The van der Waals surface area contributed by atoms with Gasteiger partial charge < -0.3 is 5.73 Å². The van der Waals surface area contributed by atoms with E-state index in [0.29, 0.717) is 5.56 Å². The van der Waals surface area contributed by atoms with Gasteiger partial charge in [0.15, 0.2) is 11.6 Å². The van der Waals surface area contributed by atoms with Crippen molar-refractivity contribution in [1.82, 2.24) is 9.78 Å². The highest BCUT2D eigenvalue weighted by molar-refractivity contribution is 9.10. The fourth-order valence-corrected chi connectivity index (χ4v) is 2.42. The van der Waals surface area contributed by atoms with Gasteiger partial charge in [-0.25, -0.2) is 8.78 Å². The number of aryl methyl sites for hydroxylation is 1. The first-order valence-corrected chi connectivity index (χ1v) is 6.75. The molecule has 0 saturated heterocycles. The van der Waals surface area contributed by atoms with E-state index in [1.807, 2.05) is 13.1 Å². The molecule has 0 saturated carbocycles. The number of rotatable bonds is 4. The van der Waals surface area contributed by atoms with Crippen molar-refractivity contribution in [3.05, 3.63) is 51.8 Å². The van der Waals surface area contributed by atoms with E-state index < -0.39 is 17.7 Å². The smallest absolute Gasteiger partial charge is 0.173 e. The van der Waals surface area contributed by atoms with Crippen LogP contribution in [0.3, 0.4) is 0 Å².